The van der Waals surface area contributed by atoms with Gasteiger partial charge in [-0.15, -0.1) is 0 Å². The van der Waals surface area contributed by atoms with E-state index in [1.165, 1.54) is 6.07 Å². The normalized spacial score (nSPS) is 15.6. The molecule has 0 saturated carbocycles. The Hall–Kier alpha value is -1.26. The van der Waals surface area contributed by atoms with Crippen LogP contribution in [0, 0.1) is 6.92 Å². The van der Waals surface area contributed by atoms with Crippen LogP contribution < -0.4 is 0 Å². The zero-order valence-corrected chi connectivity index (χ0v) is 13.4. The number of rotatable bonds is 1. The summed E-state index contributed by atoms with van der Waals surface area (Å²) in [5, 5.41) is 10.1. The summed E-state index contributed by atoms with van der Waals surface area (Å²) in [7, 11) is 2.04. The Balaban J connectivity index is 0.000000956. The molecule has 1 amide bonds. The highest BCUT2D eigenvalue weighted by Gasteiger charge is 2.21. The molecule has 20 heavy (non-hydrogen) atoms. The number of benzene rings is 1. The van der Waals surface area contributed by atoms with E-state index in [1.54, 1.807) is 17.9 Å². The Morgan fingerprint density at radius 1 is 1.20 bits per heavy atom. The van der Waals surface area contributed by atoms with Crippen LogP contribution in [0.4, 0.5) is 0 Å². The molecule has 1 heterocycles. The molecule has 5 heteroatoms. The van der Waals surface area contributed by atoms with E-state index in [9.17, 15) is 9.90 Å². The standard InChI is InChI=1S/C13H17ClN2O2.C2H6/c1-9-11(14)7-10(8-12(9)17)13(18)16-5-3-15(2)4-6-16;1-2/h7-8,17H,3-6H2,1-2H3;1-2H3. The molecule has 0 spiro atoms. The van der Waals surface area contributed by atoms with Crippen molar-refractivity contribution in [3.8, 4) is 5.75 Å². The first kappa shape index (κ1) is 16.8. The molecule has 0 aliphatic carbocycles. The third-order valence-corrected chi connectivity index (χ3v) is 3.75. The summed E-state index contributed by atoms with van der Waals surface area (Å²) in [5.41, 5.74) is 1.05. The molecule has 1 N–H and O–H groups in total. The van der Waals surface area contributed by atoms with Gasteiger partial charge in [0, 0.05) is 42.3 Å². The molecule has 112 valence electrons. The van der Waals surface area contributed by atoms with Crippen LogP contribution in [0.25, 0.3) is 0 Å². The van der Waals surface area contributed by atoms with Gasteiger partial charge in [-0.1, -0.05) is 25.4 Å². The van der Waals surface area contributed by atoms with Crippen LogP contribution in [0.1, 0.15) is 29.8 Å². The van der Waals surface area contributed by atoms with E-state index in [0.717, 1.165) is 13.1 Å². The van der Waals surface area contributed by atoms with Crippen molar-refractivity contribution in [3.63, 3.8) is 0 Å². The van der Waals surface area contributed by atoms with E-state index in [-0.39, 0.29) is 11.7 Å². The monoisotopic (exact) mass is 298 g/mol. The van der Waals surface area contributed by atoms with Gasteiger partial charge in [0.05, 0.1) is 0 Å². The maximum Gasteiger partial charge on any atom is 0.254 e. The Morgan fingerprint density at radius 2 is 1.75 bits per heavy atom. The summed E-state index contributed by atoms with van der Waals surface area (Å²) in [4.78, 5) is 16.2. The number of aromatic hydroxyl groups is 1. The number of hydrogen-bond acceptors (Lipinski definition) is 3. The number of carbonyl (C=O) groups excluding carboxylic acids is 1. The molecule has 1 aliphatic heterocycles. The average Bonchev–Trinajstić information content (AvgIpc) is 2.46. The zero-order valence-electron chi connectivity index (χ0n) is 12.6. The molecule has 1 aromatic carbocycles. The molecule has 0 atom stereocenters. The van der Waals surface area contributed by atoms with Crippen LogP contribution in [-0.4, -0.2) is 54.0 Å². The second kappa shape index (κ2) is 7.50. The molecule has 1 fully saturated rings. The summed E-state index contributed by atoms with van der Waals surface area (Å²) in [6.07, 6.45) is 0. The smallest absolute Gasteiger partial charge is 0.254 e. The zero-order chi connectivity index (χ0) is 15.3. The third kappa shape index (κ3) is 3.87. The van der Waals surface area contributed by atoms with Crippen LogP contribution in [0.3, 0.4) is 0 Å². The minimum absolute atomic E-state index is 0.0692. The van der Waals surface area contributed by atoms with Crippen molar-refractivity contribution in [3.05, 3.63) is 28.3 Å². The van der Waals surface area contributed by atoms with Crippen molar-refractivity contribution in [2.24, 2.45) is 0 Å². The summed E-state index contributed by atoms with van der Waals surface area (Å²) < 4.78 is 0. The number of carbonyl (C=O) groups is 1. The molecule has 1 aromatic rings. The van der Waals surface area contributed by atoms with Crippen LogP contribution >= 0.6 is 11.6 Å². The number of likely N-dealkylation sites (N-methyl/N-ethyl adjacent to an activating group) is 1. The first-order valence-electron chi connectivity index (χ1n) is 6.96. The van der Waals surface area contributed by atoms with Gasteiger partial charge in [-0.25, -0.2) is 0 Å². The number of piperazine rings is 1. The Kier molecular flexibility index (Phi) is 6.30. The Labute approximate surface area is 125 Å². The first-order chi connectivity index (χ1) is 9.49. The second-order valence-corrected chi connectivity index (χ2v) is 5.10. The van der Waals surface area contributed by atoms with E-state index >= 15 is 0 Å². The van der Waals surface area contributed by atoms with Crippen molar-refractivity contribution < 1.29 is 9.90 Å². The van der Waals surface area contributed by atoms with Gasteiger partial charge >= 0.3 is 0 Å². The molecule has 1 aliphatic rings. The van der Waals surface area contributed by atoms with Crippen molar-refractivity contribution >= 4 is 17.5 Å². The molecule has 2 rings (SSSR count). The van der Waals surface area contributed by atoms with Gasteiger partial charge in [-0.3, -0.25) is 4.79 Å². The molecule has 0 bridgehead atoms. The van der Waals surface area contributed by atoms with Gasteiger partial charge in [0.25, 0.3) is 5.91 Å². The van der Waals surface area contributed by atoms with Crippen molar-refractivity contribution in [1.82, 2.24) is 9.80 Å². The molecule has 0 unspecified atom stereocenters. The van der Waals surface area contributed by atoms with Crippen molar-refractivity contribution in [2.45, 2.75) is 20.8 Å². The number of nitrogens with zero attached hydrogens (tertiary/aromatic N) is 2. The predicted octanol–water partition coefficient (Wildman–Crippen LogP) is 2.77. The quantitative estimate of drug-likeness (QED) is 0.867. The van der Waals surface area contributed by atoms with Gasteiger partial charge in [0.2, 0.25) is 0 Å². The highest BCUT2D eigenvalue weighted by atomic mass is 35.5. The maximum absolute atomic E-state index is 12.3. The van der Waals surface area contributed by atoms with E-state index < -0.39 is 0 Å². The van der Waals surface area contributed by atoms with E-state index in [2.05, 4.69) is 4.90 Å². The molecular formula is C15H23ClN2O2. The fourth-order valence-electron chi connectivity index (χ4n) is 1.98. The lowest BCUT2D eigenvalue weighted by atomic mass is 10.1. The fraction of sp³-hybridized carbons (Fsp3) is 0.533. The lowest BCUT2D eigenvalue weighted by Crippen LogP contribution is -2.47. The highest BCUT2D eigenvalue weighted by Crippen LogP contribution is 2.27. The van der Waals surface area contributed by atoms with Gasteiger partial charge in [-0.2, -0.15) is 0 Å². The molecule has 0 aromatic heterocycles. The number of phenolic OH excluding ortho intramolecular Hbond substituents is 1. The van der Waals surface area contributed by atoms with Crippen LogP contribution in [-0.2, 0) is 0 Å². The minimum atomic E-state index is -0.0692. The minimum Gasteiger partial charge on any atom is -0.508 e. The Morgan fingerprint density at radius 3 is 2.25 bits per heavy atom. The van der Waals surface area contributed by atoms with Crippen molar-refractivity contribution in [2.75, 3.05) is 33.2 Å². The average molecular weight is 299 g/mol. The summed E-state index contributed by atoms with van der Waals surface area (Å²) in [6.45, 7) is 8.89. The van der Waals surface area contributed by atoms with E-state index in [0.29, 0.717) is 29.2 Å². The maximum atomic E-state index is 12.3. The summed E-state index contributed by atoms with van der Waals surface area (Å²) in [6, 6.07) is 3.11. The van der Waals surface area contributed by atoms with Crippen LogP contribution in [0.15, 0.2) is 12.1 Å². The first-order valence-corrected chi connectivity index (χ1v) is 7.34. The molecule has 1 saturated heterocycles. The Bertz CT molecular complexity index is 446. The highest BCUT2D eigenvalue weighted by molar-refractivity contribution is 6.32. The van der Waals surface area contributed by atoms with Crippen molar-refractivity contribution in [1.29, 1.82) is 0 Å². The fourth-order valence-corrected chi connectivity index (χ4v) is 2.19. The number of amides is 1. The van der Waals surface area contributed by atoms with Gasteiger partial charge in [0.1, 0.15) is 5.75 Å². The summed E-state index contributed by atoms with van der Waals surface area (Å²) in [5.74, 6) is 0.000257. The summed E-state index contributed by atoms with van der Waals surface area (Å²) >= 11 is 5.99. The molecular weight excluding hydrogens is 276 g/mol. The number of hydrogen-bond donors (Lipinski definition) is 1. The van der Waals surface area contributed by atoms with Crippen LogP contribution in [0.2, 0.25) is 5.02 Å². The number of halogens is 1. The predicted molar refractivity (Wildman–Crippen MR) is 82.6 cm³/mol. The van der Waals surface area contributed by atoms with Gasteiger partial charge in [0.15, 0.2) is 0 Å². The third-order valence-electron chi connectivity index (χ3n) is 3.35. The van der Waals surface area contributed by atoms with Crippen LogP contribution in [0.5, 0.6) is 5.75 Å². The van der Waals surface area contributed by atoms with E-state index in [1.807, 2.05) is 20.9 Å². The second-order valence-electron chi connectivity index (χ2n) is 4.70. The molecule has 0 radical (unpaired) electrons. The van der Waals surface area contributed by atoms with Gasteiger partial charge in [-0.05, 0) is 26.1 Å². The van der Waals surface area contributed by atoms with E-state index in [4.69, 9.17) is 11.6 Å². The lowest BCUT2D eigenvalue weighted by molar-refractivity contribution is 0.0663. The lowest BCUT2D eigenvalue weighted by Gasteiger charge is -2.32. The SMILES string of the molecule is CC.Cc1c(O)cc(C(=O)N2CCN(C)CC2)cc1Cl. The molecule has 4 nitrogen and oxygen atoms in total. The topological polar surface area (TPSA) is 43.8 Å². The largest absolute Gasteiger partial charge is 0.508 e. The number of phenols is 1. The van der Waals surface area contributed by atoms with Gasteiger partial charge < -0.3 is 14.9 Å².